The van der Waals surface area contributed by atoms with Crippen molar-refractivity contribution in [3.8, 4) is 0 Å². The first-order valence-corrected chi connectivity index (χ1v) is 6.81. The number of aromatic nitrogens is 1. The van der Waals surface area contributed by atoms with Crippen molar-refractivity contribution in [3.63, 3.8) is 0 Å². The van der Waals surface area contributed by atoms with Gasteiger partial charge in [0.2, 0.25) is 0 Å². The maximum atomic E-state index is 11.2. The SMILES string of the molecule is CNS(=O)(=O)Nc1nc2c(s1)CNCC2. The van der Waals surface area contributed by atoms with Gasteiger partial charge in [-0.05, 0) is 0 Å². The number of hydrogen-bond acceptors (Lipinski definition) is 5. The van der Waals surface area contributed by atoms with Crippen LogP contribution in [0.5, 0.6) is 0 Å². The fourth-order valence-corrected chi connectivity index (χ4v) is 3.04. The average molecular weight is 248 g/mol. The summed E-state index contributed by atoms with van der Waals surface area (Å²) in [6, 6.07) is 0. The van der Waals surface area contributed by atoms with Crippen LogP contribution in [-0.4, -0.2) is 27.0 Å². The molecule has 8 heteroatoms. The summed E-state index contributed by atoms with van der Waals surface area (Å²) < 4.78 is 27.0. The van der Waals surface area contributed by atoms with Gasteiger partial charge >= 0.3 is 10.2 Å². The predicted octanol–water partition coefficient (Wildman–Crippen LogP) is -0.335. The molecule has 3 N–H and O–H groups in total. The number of nitrogens with one attached hydrogen (secondary N) is 3. The molecule has 6 nitrogen and oxygen atoms in total. The molecule has 1 aromatic rings. The van der Waals surface area contributed by atoms with Crippen LogP contribution in [0.3, 0.4) is 0 Å². The van der Waals surface area contributed by atoms with Gasteiger partial charge in [0.25, 0.3) is 0 Å². The van der Waals surface area contributed by atoms with Crippen molar-refractivity contribution >= 4 is 26.7 Å². The second-order valence-corrected chi connectivity index (χ2v) is 5.83. The quantitative estimate of drug-likeness (QED) is 0.683. The Morgan fingerprint density at radius 1 is 1.53 bits per heavy atom. The molecule has 0 amide bonds. The fraction of sp³-hybridized carbons (Fsp3) is 0.571. The first kappa shape index (κ1) is 10.8. The summed E-state index contributed by atoms with van der Waals surface area (Å²) in [6.07, 6.45) is 0.854. The summed E-state index contributed by atoms with van der Waals surface area (Å²) in [5.41, 5.74) is 0.993. The molecule has 0 spiro atoms. The molecule has 15 heavy (non-hydrogen) atoms. The Hall–Kier alpha value is -0.700. The molecule has 84 valence electrons. The number of thiazole rings is 1. The van der Waals surface area contributed by atoms with Crippen LogP contribution in [0, 0.1) is 0 Å². The summed E-state index contributed by atoms with van der Waals surface area (Å²) in [6.45, 7) is 1.67. The standard InChI is InChI=1S/C7H12N4O2S2/c1-8-15(12,13)11-7-10-5-2-3-9-4-6(5)14-7/h8-9H,2-4H2,1H3,(H,10,11). The van der Waals surface area contributed by atoms with Gasteiger partial charge in [-0.1, -0.05) is 11.3 Å². The van der Waals surface area contributed by atoms with Crippen LogP contribution in [0.1, 0.15) is 10.6 Å². The molecule has 0 unspecified atom stereocenters. The lowest BCUT2D eigenvalue weighted by Gasteiger charge is -2.09. The molecule has 0 aromatic carbocycles. The Morgan fingerprint density at radius 2 is 2.33 bits per heavy atom. The second kappa shape index (κ2) is 4.05. The van der Waals surface area contributed by atoms with Crippen LogP contribution < -0.4 is 14.8 Å². The molecule has 2 heterocycles. The zero-order chi connectivity index (χ0) is 10.9. The average Bonchev–Trinajstić information content (AvgIpc) is 2.58. The van der Waals surface area contributed by atoms with E-state index >= 15 is 0 Å². The van der Waals surface area contributed by atoms with Gasteiger partial charge in [0.05, 0.1) is 5.69 Å². The van der Waals surface area contributed by atoms with Gasteiger partial charge < -0.3 is 5.32 Å². The van der Waals surface area contributed by atoms with E-state index < -0.39 is 10.2 Å². The molecule has 1 aromatic heterocycles. The lowest BCUT2D eigenvalue weighted by Crippen LogP contribution is -2.26. The van der Waals surface area contributed by atoms with E-state index in [9.17, 15) is 8.42 Å². The van der Waals surface area contributed by atoms with Gasteiger partial charge in [0.15, 0.2) is 5.13 Å². The monoisotopic (exact) mass is 248 g/mol. The van der Waals surface area contributed by atoms with E-state index in [4.69, 9.17) is 0 Å². The van der Waals surface area contributed by atoms with Gasteiger partial charge in [0.1, 0.15) is 0 Å². The third kappa shape index (κ3) is 2.46. The molecule has 0 saturated carbocycles. The summed E-state index contributed by atoms with van der Waals surface area (Å²) in [4.78, 5) is 5.34. The van der Waals surface area contributed by atoms with Crippen molar-refractivity contribution in [2.45, 2.75) is 13.0 Å². The van der Waals surface area contributed by atoms with E-state index in [2.05, 4.69) is 19.7 Å². The molecule has 0 aliphatic carbocycles. The van der Waals surface area contributed by atoms with E-state index in [1.165, 1.54) is 18.4 Å². The van der Waals surface area contributed by atoms with Gasteiger partial charge in [0, 0.05) is 31.4 Å². The van der Waals surface area contributed by atoms with Crippen LogP contribution >= 0.6 is 11.3 Å². The van der Waals surface area contributed by atoms with Crippen molar-refractivity contribution < 1.29 is 8.42 Å². The van der Waals surface area contributed by atoms with Gasteiger partial charge in [-0.25, -0.2) is 14.4 Å². The molecule has 1 aliphatic heterocycles. The summed E-state index contributed by atoms with van der Waals surface area (Å²) >= 11 is 1.37. The molecule has 0 atom stereocenters. The number of fused-ring (bicyclic) bond motifs is 1. The first-order chi connectivity index (χ1) is 7.11. The molecule has 1 aliphatic rings. The summed E-state index contributed by atoms with van der Waals surface area (Å²) in [5.74, 6) is 0. The minimum atomic E-state index is -3.44. The van der Waals surface area contributed by atoms with E-state index in [-0.39, 0.29) is 0 Å². The van der Waals surface area contributed by atoms with E-state index in [1.54, 1.807) is 0 Å². The molecule has 0 saturated heterocycles. The van der Waals surface area contributed by atoms with Crippen LogP contribution in [0.15, 0.2) is 0 Å². The van der Waals surface area contributed by atoms with Crippen LogP contribution in [0.25, 0.3) is 0 Å². The molecular formula is C7H12N4O2S2. The smallest absolute Gasteiger partial charge is 0.300 e. The maximum Gasteiger partial charge on any atom is 0.300 e. The third-order valence-corrected chi connectivity index (χ3v) is 4.23. The van der Waals surface area contributed by atoms with Crippen LogP contribution in [0.4, 0.5) is 5.13 Å². The zero-order valence-corrected chi connectivity index (χ0v) is 9.83. The van der Waals surface area contributed by atoms with Crippen molar-refractivity contribution in [3.05, 3.63) is 10.6 Å². The van der Waals surface area contributed by atoms with E-state index in [0.29, 0.717) is 5.13 Å². The zero-order valence-electron chi connectivity index (χ0n) is 8.20. The topological polar surface area (TPSA) is 83.1 Å². The fourth-order valence-electron chi connectivity index (χ4n) is 1.34. The predicted molar refractivity (Wildman–Crippen MR) is 59.1 cm³/mol. The Balaban J connectivity index is 2.20. The van der Waals surface area contributed by atoms with Crippen LogP contribution in [-0.2, 0) is 23.2 Å². The van der Waals surface area contributed by atoms with Crippen LogP contribution in [0.2, 0.25) is 0 Å². The molecule has 0 bridgehead atoms. The van der Waals surface area contributed by atoms with Crippen molar-refractivity contribution in [2.24, 2.45) is 0 Å². The molecule has 2 rings (SSSR count). The van der Waals surface area contributed by atoms with Crippen molar-refractivity contribution in [1.29, 1.82) is 0 Å². The molecule has 0 fully saturated rings. The van der Waals surface area contributed by atoms with Gasteiger partial charge in [-0.2, -0.15) is 8.42 Å². The minimum absolute atomic E-state index is 0.429. The Bertz CT molecular complexity index is 430. The minimum Gasteiger partial charge on any atom is -0.311 e. The lowest BCUT2D eigenvalue weighted by atomic mass is 10.2. The van der Waals surface area contributed by atoms with E-state index in [1.807, 2.05) is 0 Å². The highest BCUT2D eigenvalue weighted by atomic mass is 32.2. The Morgan fingerprint density at radius 3 is 3.00 bits per heavy atom. The number of anilines is 1. The maximum absolute atomic E-state index is 11.2. The molecular weight excluding hydrogens is 236 g/mol. The Kier molecular flexibility index (Phi) is 2.91. The highest BCUT2D eigenvalue weighted by molar-refractivity contribution is 7.91. The lowest BCUT2D eigenvalue weighted by molar-refractivity contribution is 0.593. The van der Waals surface area contributed by atoms with Crippen molar-refractivity contribution in [2.75, 3.05) is 18.3 Å². The number of hydrogen-bond donors (Lipinski definition) is 3. The largest absolute Gasteiger partial charge is 0.311 e. The summed E-state index contributed by atoms with van der Waals surface area (Å²) in [5, 5.41) is 3.64. The number of rotatable bonds is 3. The van der Waals surface area contributed by atoms with Gasteiger partial charge in [-0.3, -0.25) is 0 Å². The van der Waals surface area contributed by atoms with Crippen molar-refractivity contribution in [1.82, 2.24) is 15.0 Å². The third-order valence-electron chi connectivity index (χ3n) is 2.09. The Labute approximate surface area is 92.3 Å². The van der Waals surface area contributed by atoms with E-state index in [0.717, 1.165) is 30.1 Å². The summed E-state index contributed by atoms with van der Waals surface area (Å²) in [7, 11) is -2.09. The normalized spacial score (nSPS) is 16.1. The first-order valence-electron chi connectivity index (χ1n) is 4.51. The molecule has 0 radical (unpaired) electrons. The number of nitrogens with zero attached hydrogens (tertiary/aromatic N) is 1. The highest BCUT2D eigenvalue weighted by Gasteiger charge is 2.17. The second-order valence-electron chi connectivity index (χ2n) is 3.13. The van der Waals surface area contributed by atoms with Gasteiger partial charge in [-0.15, -0.1) is 0 Å². The highest BCUT2D eigenvalue weighted by Crippen LogP contribution is 2.25.